The van der Waals surface area contributed by atoms with Crippen molar-refractivity contribution in [2.24, 2.45) is 0 Å². The van der Waals surface area contributed by atoms with Crippen molar-refractivity contribution in [3.63, 3.8) is 0 Å². The van der Waals surface area contributed by atoms with Gasteiger partial charge in [-0.05, 0) is 37.0 Å². The van der Waals surface area contributed by atoms with E-state index in [0.717, 1.165) is 36.8 Å². The van der Waals surface area contributed by atoms with Crippen LogP contribution in [-0.2, 0) is 22.7 Å². The maximum atomic E-state index is 11.6. The number of aryl methyl sites for hydroxylation is 1. The van der Waals surface area contributed by atoms with Crippen LogP contribution in [0.5, 0.6) is 0 Å². The van der Waals surface area contributed by atoms with Crippen LogP contribution in [0.2, 0.25) is 0 Å². The summed E-state index contributed by atoms with van der Waals surface area (Å²) in [5, 5.41) is 21.4. The van der Waals surface area contributed by atoms with Crippen molar-refractivity contribution in [1.29, 1.82) is 0 Å². The predicted octanol–water partition coefficient (Wildman–Crippen LogP) is 1.69. The van der Waals surface area contributed by atoms with Crippen LogP contribution in [-0.4, -0.2) is 35.8 Å². The monoisotopic (exact) mass is 336 g/mol. The molecule has 1 unspecified atom stereocenters. The molecule has 1 aromatic heterocycles. The third-order valence-corrected chi connectivity index (χ3v) is 5.09. The average Bonchev–Trinajstić information content (AvgIpc) is 2.93. The normalized spacial score (nSPS) is 17.5. The van der Waals surface area contributed by atoms with E-state index in [-0.39, 0.29) is 10.9 Å². The van der Waals surface area contributed by atoms with Crippen molar-refractivity contribution in [2.45, 2.75) is 30.2 Å². The fourth-order valence-corrected chi connectivity index (χ4v) is 3.67. The number of aromatic nitrogens is 2. The molecule has 9 heteroatoms. The summed E-state index contributed by atoms with van der Waals surface area (Å²) < 4.78 is 23.3. The van der Waals surface area contributed by atoms with E-state index in [2.05, 4.69) is 15.5 Å². The standard InChI is InChI=1S/C14H16N4O4S/c1-23(21,22)14-5-3-11(7-13(14)18(19)20)16-10-2-4-12-9(6-10)8-15-17-12/h3,5,7-8,10,16H,2,4,6H2,1H3,(H,15,17). The van der Waals surface area contributed by atoms with Gasteiger partial charge in [0.15, 0.2) is 9.84 Å². The molecule has 0 saturated carbocycles. The average molecular weight is 336 g/mol. The zero-order chi connectivity index (χ0) is 16.6. The van der Waals surface area contributed by atoms with Crippen molar-refractivity contribution in [3.8, 4) is 0 Å². The fourth-order valence-electron chi connectivity index (χ4n) is 2.84. The third-order valence-electron chi connectivity index (χ3n) is 3.94. The lowest BCUT2D eigenvalue weighted by molar-refractivity contribution is -0.387. The van der Waals surface area contributed by atoms with Gasteiger partial charge in [0, 0.05) is 29.7 Å². The van der Waals surface area contributed by atoms with E-state index in [0.29, 0.717) is 5.69 Å². The summed E-state index contributed by atoms with van der Waals surface area (Å²) in [5.74, 6) is 0. The molecule has 0 aliphatic heterocycles. The summed E-state index contributed by atoms with van der Waals surface area (Å²) >= 11 is 0. The first-order valence-electron chi connectivity index (χ1n) is 7.11. The maximum Gasteiger partial charge on any atom is 0.290 e. The van der Waals surface area contributed by atoms with E-state index in [1.807, 2.05) is 0 Å². The van der Waals surface area contributed by atoms with Crippen LogP contribution in [0, 0.1) is 10.1 Å². The molecule has 1 aromatic carbocycles. The molecule has 1 heterocycles. The van der Waals surface area contributed by atoms with Crippen LogP contribution in [0.1, 0.15) is 17.7 Å². The van der Waals surface area contributed by atoms with Gasteiger partial charge in [0.25, 0.3) is 5.69 Å². The van der Waals surface area contributed by atoms with Gasteiger partial charge in [0.1, 0.15) is 4.90 Å². The Kier molecular flexibility index (Phi) is 3.80. The highest BCUT2D eigenvalue weighted by molar-refractivity contribution is 7.90. The Bertz CT molecular complexity index is 859. The van der Waals surface area contributed by atoms with Gasteiger partial charge in [0.05, 0.1) is 11.1 Å². The number of benzene rings is 1. The number of fused-ring (bicyclic) bond motifs is 1. The second-order valence-corrected chi connectivity index (χ2v) is 7.65. The Hall–Kier alpha value is -2.42. The van der Waals surface area contributed by atoms with Crippen LogP contribution < -0.4 is 5.32 Å². The van der Waals surface area contributed by atoms with Crippen LogP contribution >= 0.6 is 0 Å². The fraction of sp³-hybridized carbons (Fsp3) is 0.357. The number of rotatable bonds is 4. The first-order chi connectivity index (χ1) is 10.8. The molecule has 8 nitrogen and oxygen atoms in total. The van der Waals surface area contributed by atoms with E-state index in [9.17, 15) is 18.5 Å². The summed E-state index contributed by atoms with van der Waals surface area (Å²) in [4.78, 5) is 10.2. The highest BCUT2D eigenvalue weighted by Crippen LogP contribution is 2.29. The van der Waals surface area contributed by atoms with Crippen LogP contribution in [0.15, 0.2) is 29.3 Å². The number of hydrogen-bond donors (Lipinski definition) is 2. The number of aromatic amines is 1. The second-order valence-electron chi connectivity index (χ2n) is 5.67. The minimum atomic E-state index is -3.64. The number of hydrogen-bond acceptors (Lipinski definition) is 6. The number of nitro groups is 1. The number of nitro benzene ring substituents is 1. The zero-order valence-corrected chi connectivity index (χ0v) is 13.3. The Morgan fingerprint density at radius 3 is 2.91 bits per heavy atom. The Balaban J connectivity index is 1.84. The number of nitrogens with zero attached hydrogens (tertiary/aromatic N) is 2. The maximum absolute atomic E-state index is 11.6. The lowest BCUT2D eigenvalue weighted by Crippen LogP contribution is -2.27. The molecule has 0 saturated heterocycles. The molecule has 2 N–H and O–H groups in total. The number of sulfone groups is 1. The second kappa shape index (κ2) is 5.65. The number of H-pyrrole nitrogens is 1. The summed E-state index contributed by atoms with van der Waals surface area (Å²) in [6.45, 7) is 0. The number of nitrogens with one attached hydrogen (secondary N) is 2. The lowest BCUT2D eigenvalue weighted by Gasteiger charge is -2.23. The molecule has 1 aliphatic rings. The van der Waals surface area contributed by atoms with Crippen LogP contribution in [0.4, 0.5) is 11.4 Å². The van der Waals surface area contributed by atoms with Gasteiger partial charge in [-0.15, -0.1) is 0 Å². The molecule has 1 aliphatic carbocycles. The van der Waals surface area contributed by atoms with Crippen molar-refractivity contribution >= 4 is 21.2 Å². The van der Waals surface area contributed by atoms with Crippen molar-refractivity contribution in [1.82, 2.24) is 10.2 Å². The SMILES string of the molecule is CS(=O)(=O)c1ccc(NC2CCc3[nH]ncc3C2)cc1[N+](=O)[O-]. The van der Waals surface area contributed by atoms with Crippen LogP contribution in [0.3, 0.4) is 0 Å². The quantitative estimate of drug-likeness (QED) is 0.648. The molecule has 1 atom stereocenters. The zero-order valence-electron chi connectivity index (χ0n) is 12.4. The Morgan fingerprint density at radius 2 is 2.22 bits per heavy atom. The van der Waals surface area contributed by atoms with E-state index in [1.54, 1.807) is 12.3 Å². The van der Waals surface area contributed by atoms with Crippen molar-refractivity contribution in [2.75, 3.05) is 11.6 Å². The van der Waals surface area contributed by atoms with Gasteiger partial charge in [0.2, 0.25) is 0 Å². The van der Waals surface area contributed by atoms with Gasteiger partial charge in [-0.1, -0.05) is 0 Å². The smallest absolute Gasteiger partial charge is 0.290 e. The van der Waals surface area contributed by atoms with Gasteiger partial charge >= 0.3 is 0 Å². The molecule has 0 spiro atoms. The lowest BCUT2D eigenvalue weighted by atomic mass is 9.93. The molecule has 3 rings (SSSR count). The van der Waals surface area contributed by atoms with Gasteiger partial charge in [-0.3, -0.25) is 15.2 Å². The molecule has 0 radical (unpaired) electrons. The van der Waals surface area contributed by atoms with Gasteiger partial charge in [-0.25, -0.2) is 8.42 Å². The summed E-state index contributed by atoms with van der Waals surface area (Å²) in [7, 11) is -3.64. The van der Waals surface area contributed by atoms with E-state index >= 15 is 0 Å². The number of anilines is 1. The van der Waals surface area contributed by atoms with Crippen LogP contribution in [0.25, 0.3) is 0 Å². The first-order valence-corrected chi connectivity index (χ1v) is 9.00. The highest BCUT2D eigenvalue weighted by Gasteiger charge is 2.24. The molecule has 122 valence electrons. The van der Waals surface area contributed by atoms with E-state index in [1.165, 1.54) is 12.1 Å². The first kappa shape index (κ1) is 15.5. The van der Waals surface area contributed by atoms with Gasteiger partial charge < -0.3 is 5.32 Å². The molecule has 0 bridgehead atoms. The van der Waals surface area contributed by atoms with Gasteiger partial charge in [-0.2, -0.15) is 5.10 Å². The van der Waals surface area contributed by atoms with E-state index < -0.39 is 20.4 Å². The topological polar surface area (TPSA) is 118 Å². The predicted molar refractivity (Wildman–Crippen MR) is 84.2 cm³/mol. The van der Waals surface area contributed by atoms with Crippen molar-refractivity contribution in [3.05, 3.63) is 45.8 Å². The molecule has 2 aromatic rings. The largest absolute Gasteiger partial charge is 0.382 e. The molecular weight excluding hydrogens is 320 g/mol. The van der Waals surface area contributed by atoms with E-state index in [4.69, 9.17) is 0 Å². The summed E-state index contributed by atoms with van der Waals surface area (Å²) in [6, 6.07) is 4.25. The minimum absolute atomic E-state index is 0.129. The minimum Gasteiger partial charge on any atom is -0.382 e. The summed E-state index contributed by atoms with van der Waals surface area (Å²) in [6.07, 6.45) is 5.25. The molecule has 0 fully saturated rings. The van der Waals surface area contributed by atoms with Crippen molar-refractivity contribution < 1.29 is 13.3 Å². The molecule has 0 amide bonds. The summed E-state index contributed by atoms with van der Waals surface area (Å²) in [5.41, 5.74) is 2.40. The Labute approximate surface area is 133 Å². The Morgan fingerprint density at radius 1 is 1.43 bits per heavy atom. The highest BCUT2D eigenvalue weighted by atomic mass is 32.2. The third kappa shape index (κ3) is 3.19. The molecule has 23 heavy (non-hydrogen) atoms. The molecular formula is C14H16N4O4S.